The van der Waals surface area contributed by atoms with Gasteiger partial charge < -0.3 is 15.5 Å². The largest absolute Gasteiger partial charge is 0.385 e. The van der Waals surface area contributed by atoms with Crippen molar-refractivity contribution >= 4 is 23.0 Å². The van der Waals surface area contributed by atoms with Gasteiger partial charge in [0.25, 0.3) is 0 Å². The quantitative estimate of drug-likeness (QED) is 0.705. The standard InChI is InChI=1S/C23H31N3O/c1-18(2)19-6-8-20(9-7-19)24-15-14-23(27)25-21-10-12-22(13-11-21)26-16-4-3-5-17-26/h6-13,18,24H,3-5,14-17H2,1-2H3,(H,25,27). The van der Waals surface area contributed by atoms with Gasteiger partial charge in [-0.25, -0.2) is 0 Å². The third-order valence-corrected chi connectivity index (χ3v) is 5.13. The third kappa shape index (κ3) is 5.75. The Morgan fingerprint density at radius 3 is 2.19 bits per heavy atom. The first-order chi connectivity index (χ1) is 13.1. The Morgan fingerprint density at radius 2 is 1.56 bits per heavy atom. The number of hydrogen-bond donors (Lipinski definition) is 2. The molecule has 2 N–H and O–H groups in total. The number of piperidine rings is 1. The van der Waals surface area contributed by atoms with Gasteiger partial charge in [-0.05, 0) is 67.1 Å². The second kappa shape index (κ2) is 9.45. The predicted molar refractivity (Wildman–Crippen MR) is 115 cm³/mol. The molecule has 0 aromatic heterocycles. The van der Waals surface area contributed by atoms with E-state index in [0.717, 1.165) is 24.5 Å². The lowest BCUT2D eigenvalue weighted by Gasteiger charge is -2.28. The summed E-state index contributed by atoms with van der Waals surface area (Å²) >= 11 is 0. The minimum Gasteiger partial charge on any atom is -0.385 e. The molecule has 0 atom stereocenters. The van der Waals surface area contributed by atoms with Gasteiger partial charge >= 0.3 is 0 Å². The van der Waals surface area contributed by atoms with Crippen LogP contribution in [0.3, 0.4) is 0 Å². The third-order valence-electron chi connectivity index (χ3n) is 5.13. The van der Waals surface area contributed by atoms with Gasteiger partial charge in [0.05, 0.1) is 0 Å². The molecule has 4 heteroatoms. The van der Waals surface area contributed by atoms with E-state index in [1.165, 1.54) is 30.5 Å². The van der Waals surface area contributed by atoms with Gasteiger partial charge in [0.2, 0.25) is 5.91 Å². The lowest BCUT2D eigenvalue weighted by Crippen LogP contribution is -2.29. The highest BCUT2D eigenvalue weighted by atomic mass is 16.1. The number of carbonyl (C=O) groups is 1. The van der Waals surface area contributed by atoms with E-state index in [0.29, 0.717) is 18.9 Å². The van der Waals surface area contributed by atoms with Crippen LogP contribution in [0.1, 0.15) is 51.0 Å². The fraction of sp³-hybridized carbons (Fsp3) is 0.435. The van der Waals surface area contributed by atoms with Crippen molar-refractivity contribution in [3.8, 4) is 0 Å². The minimum atomic E-state index is 0.0343. The molecule has 0 bridgehead atoms. The Balaban J connectivity index is 1.42. The van der Waals surface area contributed by atoms with Gasteiger partial charge in [0.1, 0.15) is 0 Å². The van der Waals surface area contributed by atoms with Gasteiger partial charge in [0.15, 0.2) is 0 Å². The van der Waals surface area contributed by atoms with Gasteiger partial charge in [-0.3, -0.25) is 4.79 Å². The predicted octanol–water partition coefficient (Wildman–Crippen LogP) is 5.24. The summed E-state index contributed by atoms with van der Waals surface area (Å²) in [6, 6.07) is 16.6. The van der Waals surface area contributed by atoms with Crippen LogP contribution in [-0.4, -0.2) is 25.5 Å². The molecule has 1 aliphatic heterocycles. The van der Waals surface area contributed by atoms with E-state index >= 15 is 0 Å². The molecule has 0 aliphatic carbocycles. The summed E-state index contributed by atoms with van der Waals surface area (Å²) in [5, 5.41) is 6.30. The smallest absolute Gasteiger partial charge is 0.226 e. The summed E-state index contributed by atoms with van der Waals surface area (Å²) in [5.41, 5.74) is 4.49. The van der Waals surface area contributed by atoms with E-state index in [1.807, 2.05) is 12.1 Å². The summed E-state index contributed by atoms with van der Waals surface area (Å²) in [6.45, 7) is 7.27. The molecule has 3 rings (SSSR count). The Labute approximate surface area is 163 Å². The molecule has 0 saturated carbocycles. The molecule has 1 fully saturated rings. The number of hydrogen-bond acceptors (Lipinski definition) is 3. The summed E-state index contributed by atoms with van der Waals surface area (Å²) in [7, 11) is 0. The van der Waals surface area contributed by atoms with Crippen molar-refractivity contribution in [3.05, 3.63) is 54.1 Å². The molecule has 2 aromatic rings. The molecule has 4 nitrogen and oxygen atoms in total. The number of benzene rings is 2. The summed E-state index contributed by atoms with van der Waals surface area (Å²) in [5.74, 6) is 0.568. The van der Waals surface area contributed by atoms with E-state index in [4.69, 9.17) is 0 Å². The molecule has 1 amide bonds. The number of rotatable bonds is 7. The van der Waals surface area contributed by atoms with E-state index in [-0.39, 0.29) is 5.91 Å². The second-order valence-electron chi connectivity index (χ2n) is 7.60. The second-order valence-corrected chi connectivity index (χ2v) is 7.60. The fourth-order valence-electron chi connectivity index (χ4n) is 3.44. The van der Waals surface area contributed by atoms with E-state index < -0.39 is 0 Å². The SMILES string of the molecule is CC(C)c1ccc(NCCC(=O)Nc2ccc(N3CCCCC3)cc2)cc1. The average molecular weight is 366 g/mol. The zero-order valence-corrected chi connectivity index (χ0v) is 16.5. The molecular weight excluding hydrogens is 334 g/mol. The van der Waals surface area contributed by atoms with Crippen molar-refractivity contribution in [1.82, 2.24) is 0 Å². The first-order valence-electron chi connectivity index (χ1n) is 10.1. The molecule has 1 heterocycles. The van der Waals surface area contributed by atoms with E-state index in [1.54, 1.807) is 0 Å². The highest BCUT2D eigenvalue weighted by Gasteiger charge is 2.11. The summed E-state index contributed by atoms with van der Waals surface area (Å²) in [6.07, 6.45) is 4.32. The Hall–Kier alpha value is -2.49. The van der Waals surface area contributed by atoms with E-state index in [2.05, 4.69) is 65.8 Å². The van der Waals surface area contributed by atoms with Crippen molar-refractivity contribution in [2.45, 2.75) is 45.4 Å². The Kier molecular flexibility index (Phi) is 6.74. The van der Waals surface area contributed by atoms with Crippen LogP contribution in [0.15, 0.2) is 48.5 Å². The molecule has 2 aromatic carbocycles. The molecule has 144 valence electrons. The lowest BCUT2D eigenvalue weighted by atomic mass is 10.0. The number of nitrogens with one attached hydrogen (secondary N) is 2. The van der Waals surface area contributed by atoms with Gasteiger partial charge in [-0.15, -0.1) is 0 Å². The maximum atomic E-state index is 12.2. The van der Waals surface area contributed by atoms with Crippen LogP contribution in [0.4, 0.5) is 17.1 Å². The Morgan fingerprint density at radius 1 is 0.926 bits per heavy atom. The van der Waals surface area contributed by atoms with Crippen molar-refractivity contribution in [2.24, 2.45) is 0 Å². The van der Waals surface area contributed by atoms with Crippen LogP contribution >= 0.6 is 0 Å². The molecule has 0 spiro atoms. The zero-order chi connectivity index (χ0) is 19.1. The monoisotopic (exact) mass is 365 g/mol. The molecule has 0 radical (unpaired) electrons. The van der Waals surface area contributed by atoms with Crippen molar-refractivity contribution < 1.29 is 4.79 Å². The molecule has 1 saturated heterocycles. The molecule has 27 heavy (non-hydrogen) atoms. The van der Waals surface area contributed by atoms with Crippen molar-refractivity contribution in [1.29, 1.82) is 0 Å². The molecular formula is C23H31N3O. The van der Waals surface area contributed by atoms with Gasteiger partial charge in [-0.2, -0.15) is 0 Å². The van der Waals surface area contributed by atoms with Crippen LogP contribution in [0.2, 0.25) is 0 Å². The minimum absolute atomic E-state index is 0.0343. The van der Waals surface area contributed by atoms with Crippen LogP contribution in [0.5, 0.6) is 0 Å². The van der Waals surface area contributed by atoms with Crippen LogP contribution in [0, 0.1) is 0 Å². The number of anilines is 3. The van der Waals surface area contributed by atoms with Gasteiger partial charge in [0, 0.05) is 43.1 Å². The maximum Gasteiger partial charge on any atom is 0.226 e. The van der Waals surface area contributed by atoms with Crippen LogP contribution < -0.4 is 15.5 Å². The normalized spacial score (nSPS) is 14.3. The lowest BCUT2D eigenvalue weighted by molar-refractivity contribution is -0.115. The Bertz CT molecular complexity index is 716. The first kappa shape index (κ1) is 19.3. The highest BCUT2D eigenvalue weighted by molar-refractivity contribution is 5.91. The fourth-order valence-corrected chi connectivity index (χ4v) is 3.44. The number of amides is 1. The zero-order valence-electron chi connectivity index (χ0n) is 16.5. The number of carbonyl (C=O) groups excluding carboxylic acids is 1. The van der Waals surface area contributed by atoms with Crippen molar-refractivity contribution in [2.75, 3.05) is 35.2 Å². The van der Waals surface area contributed by atoms with Crippen LogP contribution in [0.25, 0.3) is 0 Å². The average Bonchev–Trinajstić information content (AvgIpc) is 2.69. The van der Waals surface area contributed by atoms with E-state index in [9.17, 15) is 4.79 Å². The molecule has 1 aliphatic rings. The topological polar surface area (TPSA) is 44.4 Å². The first-order valence-corrected chi connectivity index (χ1v) is 10.1. The summed E-state index contributed by atoms with van der Waals surface area (Å²) < 4.78 is 0. The molecule has 0 unspecified atom stereocenters. The van der Waals surface area contributed by atoms with Gasteiger partial charge in [-0.1, -0.05) is 26.0 Å². The highest BCUT2D eigenvalue weighted by Crippen LogP contribution is 2.22. The van der Waals surface area contributed by atoms with Crippen LogP contribution in [-0.2, 0) is 4.79 Å². The number of nitrogens with zero attached hydrogens (tertiary/aromatic N) is 1. The summed E-state index contributed by atoms with van der Waals surface area (Å²) in [4.78, 5) is 14.6. The van der Waals surface area contributed by atoms with Crippen molar-refractivity contribution in [3.63, 3.8) is 0 Å². The maximum absolute atomic E-state index is 12.2.